The van der Waals surface area contributed by atoms with Crippen molar-refractivity contribution in [2.24, 2.45) is 10.8 Å². The maximum Gasteiger partial charge on any atom is 0.418 e. The van der Waals surface area contributed by atoms with Gasteiger partial charge in [-0.1, -0.05) is 0 Å². The van der Waals surface area contributed by atoms with Gasteiger partial charge in [0.05, 0.1) is 36.9 Å². The first-order valence-electron chi connectivity index (χ1n) is 13.5. The quantitative estimate of drug-likeness (QED) is 0.344. The summed E-state index contributed by atoms with van der Waals surface area (Å²) in [5, 5.41) is 9.62. The Morgan fingerprint density at radius 3 is 2.27 bits per heavy atom. The van der Waals surface area contributed by atoms with E-state index in [1.807, 2.05) is 12.1 Å². The number of alkyl halides is 3. The highest BCUT2D eigenvalue weighted by Crippen LogP contribution is 2.48. The largest absolute Gasteiger partial charge is 0.497 e. The molecule has 1 amide bonds. The van der Waals surface area contributed by atoms with E-state index in [2.05, 4.69) is 5.32 Å². The van der Waals surface area contributed by atoms with Crippen molar-refractivity contribution in [3.8, 4) is 11.5 Å². The number of ether oxygens (including phenoxy) is 2. The third-order valence-electron chi connectivity index (χ3n) is 7.58. The molecule has 0 atom stereocenters. The number of carbonyl (C=O) groups is 1. The fraction of sp³-hybridized carbons (Fsp3) is 0.400. The molecule has 0 unspecified atom stereocenters. The van der Waals surface area contributed by atoms with Gasteiger partial charge in [-0.05, 0) is 92.0 Å². The highest BCUT2D eigenvalue weighted by molar-refractivity contribution is 6.15. The zero-order valence-electron chi connectivity index (χ0n) is 22.7. The van der Waals surface area contributed by atoms with Gasteiger partial charge in [-0.25, -0.2) is 5.01 Å². The van der Waals surface area contributed by atoms with E-state index < -0.39 is 17.6 Å². The number of nitrogens with one attached hydrogen (secondary N) is 1. The van der Waals surface area contributed by atoms with Crippen LogP contribution in [0.3, 0.4) is 0 Å². The lowest BCUT2D eigenvalue weighted by atomic mass is 9.85. The molecule has 2 aliphatic carbocycles. The molecule has 40 heavy (non-hydrogen) atoms. The predicted molar refractivity (Wildman–Crippen MR) is 149 cm³/mol. The second-order valence-electron chi connectivity index (χ2n) is 10.2. The summed E-state index contributed by atoms with van der Waals surface area (Å²) < 4.78 is 54.3. The van der Waals surface area contributed by atoms with Gasteiger partial charge in [0.2, 0.25) is 5.91 Å². The lowest BCUT2D eigenvalue weighted by Crippen LogP contribution is -2.30. The highest BCUT2D eigenvalue weighted by Gasteiger charge is 2.40. The summed E-state index contributed by atoms with van der Waals surface area (Å²) in [4.78, 5) is 11.1. The Labute approximate surface area is 231 Å². The van der Waals surface area contributed by atoms with E-state index in [9.17, 15) is 18.0 Å². The Bertz CT molecular complexity index is 1380. The third-order valence-corrected chi connectivity index (χ3v) is 7.58. The van der Waals surface area contributed by atoms with Crippen molar-refractivity contribution in [2.75, 3.05) is 31.1 Å². The van der Waals surface area contributed by atoms with E-state index in [1.165, 1.54) is 17.1 Å². The van der Waals surface area contributed by atoms with E-state index in [1.54, 1.807) is 20.3 Å². The number of allylic oxidation sites excluding steroid dienone is 3. The van der Waals surface area contributed by atoms with Crippen LogP contribution >= 0.6 is 0 Å². The summed E-state index contributed by atoms with van der Waals surface area (Å²) >= 11 is 0. The maximum atomic E-state index is 14.4. The van der Waals surface area contributed by atoms with E-state index >= 15 is 0 Å². The number of halogens is 3. The molecule has 0 spiro atoms. The summed E-state index contributed by atoms with van der Waals surface area (Å²) in [7, 11) is 3.12. The second-order valence-corrected chi connectivity index (χ2v) is 10.2. The van der Waals surface area contributed by atoms with E-state index in [4.69, 9.17) is 20.3 Å². The molecule has 0 bridgehead atoms. The van der Waals surface area contributed by atoms with Crippen LogP contribution in [0.25, 0.3) is 0 Å². The Morgan fingerprint density at radius 2 is 1.68 bits per heavy atom. The average Bonchev–Trinajstić information content (AvgIpc) is 3.39. The summed E-state index contributed by atoms with van der Waals surface area (Å²) in [6.45, 7) is 0.398. The number of anilines is 2. The molecule has 3 aliphatic rings. The minimum absolute atomic E-state index is 0.0346. The minimum atomic E-state index is -4.59. The van der Waals surface area contributed by atoms with Gasteiger partial charge in [-0.3, -0.25) is 4.79 Å². The fourth-order valence-corrected chi connectivity index (χ4v) is 5.46. The number of rotatable bonds is 9. The van der Waals surface area contributed by atoms with Gasteiger partial charge in [0.25, 0.3) is 0 Å². The van der Waals surface area contributed by atoms with Crippen LogP contribution in [0.1, 0.15) is 62.5 Å². The molecule has 0 radical (unpaired) electrons. The first-order chi connectivity index (χ1) is 19.2. The molecule has 5 rings (SSSR count). The van der Waals surface area contributed by atoms with Crippen LogP contribution in [-0.4, -0.2) is 32.4 Å². The van der Waals surface area contributed by atoms with Gasteiger partial charge in [0.1, 0.15) is 11.5 Å². The number of amides is 1. The van der Waals surface area contributed by atoms with Crippen LogP contribution in [0.2, 0.25) is 0 Å². The first kappa shape index (κ1) is 27.6. The average molecular weight is 555 g/mol. The van der Waals surface area contributed by atoms with Crippen molar-refractivity contribution in [1.82, 2.24) is 0 Å². The number of hydrogen-bond acceptors (Lipinski definition) is 6. The number of nitrogens with zero attached hydrogens (tertiary/aromatic N) is 2. The van der Waals surface area contributed by atoms with E-state index in [0.29, 0.717) is 35.9 Å². The van der Waals surface area contributed by atoms with Crippen molar-refractivity contribution >= 4 is 23.0 Å². The van der Waals surface area contributed by atoms with Gasteiger partial charge in [0, 0.05) is 30.3 Å². The Hall–Kier alpha value is -3.95. The predicted octanol–water partition coefficient (Wildman–Crippen LogP) is 6.54. The normalized spacial score (nSPS) is 16.9. The number of methoxy groups -OCH3 is 2. The number of benzene rings is 2. The van der Waals surface area contributed by atoms with Crippen molar-refractivity contribution in [2.45, 2.75) is 57.5 Å². The fourth-order valence-electron chi connectivity index (χ4n) is 5.46. The van der Waals surface area contributed by atoms with Crippen LogP contribution in [0.5, 0.6) is 11.5 Å². The van der Waals surface area contributed by atoms with Crippen LogP contribution in [-0.2, 0) is 11.0 Å². The van der Waals surface area contributed by atoms with Crippen molar-refractivity contribution < 1.29 is 27.4 Å². The molecule has 0 saturated heterocycles. The SMILES string of the molecule is COc1cc(OC)cc(C2=NN(c3cc(NCCCC(N)=O)ccc3C(F)(F)F)C(=C3CCC3)C3=C2CCC3)c1. The van der Waals surface area contributed by atoms with Gasteiger partial charge in [-0.15, -0.1) is 0 Å². The number of hydrazone groups is 1. The van der Waals surface area contributed by atoms with Crippen molar-refractivity contribution in [3.05, 3.63) is 69.9 Å². The molecular formula is C30H33F3N4O3. The van der Waals surface area contributed by atoms with Gasteiger partial charge in [-0.2, -0.15) is 18.3 Å². The summed E-state index contributed by atoms with van der Waals surface area (Å²) in [6, 6.07) is 9.44. The van der Waals surface area contributed by atoms with Crippen LogP contribution in [0.4, 0.5) is 24.5 Å². The first-order valence-corrected chi connectivity index (χ1v) is 13.5. The van der Waals surface area contributed by atoms with Crippen molar-refractivity contribution in [1.29, 1.82) is 0 Å². The van der Waals surface area contributed by atoms with Crippen LogP contribution < -0.4 is 25.5 Å². The van der Waals surface area contributed by atoms with E-state index in [0.717, 1.165) is 72.6 Å². The summed E-state index contributed by atoms with van der Waals surface area (Å²) in [5.41, 5.74) is 10.4. The van der Waals surface area contributed by atoms with Crippen LogP contribution in [0.15, 0.2) is 63.9 Å². The number of hydrogen-bond donors (Lipinski definition) is 2. The molecule has 1 heterocycles. The lowest BCUT2D eigenvalue weighted by molar-refractivity contribution is -0.137. The lowest BCUT2D eigenvalue weighted by Gasteiger charge is -2.36. The van der Waals surface area contributed by atoms with Gasteiger partial charge < -0.3 is 20.5 Å². The monoisotopic (exact) mass is 554 g/mol. The molecule has 1 saturated carbocycles. The molecule has 10 heteroatoms. The number of nitrogens with two attached hydrogens (primary N) is 1. The molecule has 2 aromatic rings. The Kier molecular flexibility index (Phi) is 7.78. The smallest absolute Gasteiger partial charge is 0.418 e. The molecule has 2 aromatic carbocycles. The zero-order chi connectivity index (χ0) is 28.4. The molecule has 1 fully saturated rings. The molecule has 0 aromatic heterocycles. The molecular weight excluding hydrogens is 521 g/mol. The Balaban J connectivity index is 1.66. The number of primary amides is 1. The molecule has 1 aliphatic heterocycles. The summed E-state index contributed by atoms with van der Waals surface area (Å²) in [5.74, 6) is 0.728. The minimum Gasteiger partial charge on any atom is -0.497 e. The topological polar surface area (TPSA) is 89.2 Å². The van der Waals surface area contributed by atoms with Gasteiger partial charge in [0.15, 0.2) is 0 Å². The standard InChI is InChI=1S/C30H33F3N4O3/c1-39-21-14-19(15-22(17-21)40-2)28-23-8-4-9-24(23)29(18-6-3-7-18)37(36-28)26-16-20(35-13-5-10-27(34)38)11-12-25(26)30(31,32)33/h11-12,14-17,35H,3-10,13H2,1-2H3,(H2,34,38). The highest BCUT2D eigenvalue weighted by atomic mass is 19.4. The van der Waals surface area contributed by atoms with Crippen LogP contribution in [0, 0.1) is 0 Å². The van der Waals surface area contributed by atoms with E-state index in [-0.39, 0.29) is 12.1 Å². The Morgan fingerprint density at radius 1 is 1.00 bits per heavy atom. The second kappa shape index (κ2) is 11.3. The third kappa shape index (κ3) is 5.52. The molecule has 212 valence electrons. The summed E-state index contributed by atoms with van der Waals surface area (Å²) in [6.07, 6.45) is 1.24. The molecule has 7 nitrogen and oxygen atoms in total. The maximum absolute atomic E-state index is 14.4. The zero-order valence-corrected chi connectivity index (χ0v) is 22.7. The van der Waals surface area contributed by atoms with Crippen molar-refractivity contribution in [3.63, 3.8) is 0 Å². The molecule has 3 N–H and O–H groups in total. The van der Waals surface area contributed by atoms with Gasteiger partial charge >= 0.3 is 6.18 Å². The number of carbonyl (C=O) groups excluding carboxylic acids is 1.